The minimum absolute atomic E-state index is 0.392. The highest BCUT2D eigenvalue weighted by Gasteiger charge is 2.10. The van der Waals surface area contributed by atoms with Gasteiger partial charge in [0.25, 0.3) is 0 Å². The molecule has 4 nitrogen and oxygen atoms in total. The van der Waals surface area contributed by atoms with Gasteiger partial charge in [-0.25, -0.2) is 4.79 Å². The highest BCUT2D eigenvalue weighted by atomic mass is 16.5. The van der Waals surface area contributed by atoms with E-state index in [1.165, 1.54) is 7.11 Å². The molecule has 70 valence electrons. The van der Waals surface area contributed by atoms with Gasteiger partial charge < -0.3 is 4.74 Å². The van der Waals surface area contributed by atoms with Crippen LogP contribution in [0.15, 0.2) is 30.6 Å². The second kappa shape index (κ2) is 3.41. The predicted molar refractivity (Wildman–Crippen MR) is 50.9 cm³/mol. The monoisotopic (exact) mass is 188 g/mol. The van der Waals surface area contributed by atoms with Crippen LogP contribution >= 0.6 is 0 Å². The molecule has 0 spiro atoms. The summed E-state index contributed by atoms with van der Waals surface area (Å²) in [6.45, 7) is 0. The summed E-state index contributed by atoms with van der Waals surface area (Å²) in [6.07, 6.45) is 3.14. The standard InChI is InChI=1S/C10H8N2O2/c1-14-10(13)7-3-2-4-8-9(7)12-6-5-11-8/h2-6H,1H3. The summed E-state index contributed by atoms with van der Waals surface area (Å²) in [7, 11) is 1.34. The lowest BCUT2D eigenvalue weighted by Crippen LogP contribution is -2.03. The van der Waals surface area contributed by atoms with E-state index in [1.54, 1.807) is 30.6 Å². The molecule has 1 aromatic carbocycles. The molecular formula is C10H8N2O2. The molecule has 0 fully saturated rings. The number of ether oxygens (including phenoxy) is 1. The molecule has 0 saturated heterocycles. The van der Waals surface area contributed by atoms with Crippen molar-refractivity contribution < 1.29 is 9.53 Å². The van der Waals surface area contributed by atoms with Gasteiger partial charge >= 0.3 is 5.97 Å². The van der Waals surface area contributed by atoms with Crippen molar-refractivity contribution in [2.75, 3.05) is 7.11 Å². The lowest BCUT2D eigenvalue weighted by Gasteiger charge is -2.01. The first-order valence-electron chi connectivity index (χ1n) is 4.11. The van der Waals surface area contributed by atoms with E-state index >= 15 is 0 Å². The van der Waals surface area contributed by atoms with Crippen LogP contribution < -0.4 is 0 Å². The second-order valence-corrected chi connectivity index (χ2v) is 2.72. The molecule has 0 unspecified atom stereocenters. The highest BCUT2D eigenvalue weighted by Crippen LogP contribution is 2.14. The number of aromatic nitrogens is 2. The van der Waals surface area contributed by atoms with Crippen molar-refractivity contribution in [3.8, 4) is 0 Å². The van der Waals surface area contributed by atoms with Crippen LogP contribution in [0.1, 0.15) is 10.4 Å². The molecule has 0 atom stereocenters. The third kappa shape index (κ3) is 1.31. The van der Waals surface area contributed by atoms with E-state index in [9.17, 15) is 4.79 Å². The van der Waals surface area contributed by atoms with Gasteiger partial charge in [-0.3, -0.25) is 9.97 Å². The lowest BCUT2D eigenvalue weighted by molar-refractivity contribution is 0.0603. The second-order valence-electron chi connectivity index (χ2n) is 2.72. The van der Waals surface area contributed by atoms with E-state index in [2.05, 4.69) is 14.7 Å². The minimum atomic E-state index is -0.392. The average Bonchev–Trinajstić information content (AvgIpc) is 2.27. The number of para-hydroxylation sites is 1. The zero-order valence-electron chi connectivity index (χ0n) is 7.60. The Hall–Kier alpha value is -1.97. The van der Waals surface area contributed by atoms with Crippen LogP contribution in [0.3, 0.4) is 0 Å². The van der Waals surface area contributed by atoms with Crippen molar-refractivity contribution in [1.29, 1.82) is 0 Å². The fourth-order valence-corrected chi connectivity index (χ4v) is 1.27. The van der Waals surface area contributed by atoms with E-state index in [1.807, 2.05) is 0 Å². The molecule has 2 rings (SSSR count). The molecule has 14 heavy (non-hydrogen) atoms. The molecule has 0 saturated carbocycles. The molecule has 0 bridgehead atoms. The fourth-order valence-electron chi connectivity index (χ4n) is 1.27. The van der Waals surface area contributed by atoms with Crippen molar-refractivity contribution in [2.45, 2.75) is 0 Å². The van der Waals surface area contributed by atoms with Crippen LogP contribution in [-0.4, -0.2) is 23.0 Å². The number of hydrogen-bond acceptors (Lipinski definition) is 4. The van der Waals surface area contributed by atoms with Crippen molar-refractivity contribution in [3.63, 3.8) is 0 Å². The maximum atomic E-state index is 11.3. The largest absolute Gasteiger partial charge is 0.465 e. The molecule has 0 amide bonds. The zero-order chi connectivity index (χ0) is 9.97. The Morgan fingerprint density at radius 1 is 1.29 bits per heavy atom. The number of nitrogens with zero attached hydrogens (tertiary/aromatic N) is 2. The Morgan fingerprint density at radius 3 is 2.86 bits per heavy atom. The lowest BCUT2D eigenvalue weighted by atomic mass is 10.2. The number of hydrogen-bond donors (Lipinski definition) is 0. The van der Waals surface area contributed by atoms with Crippen LogP contribution in [-0.2, 0) is 4.74 Å². The third-order valence-electron chi connectivity index (χ3n) is 1.90. The third-order valence-corrected chi connectivity index (χ3v) is 1.90. The zero-order valence-corrected chi connectivity index (χ0v) is 7.60. The predicted octanol–water partition coefficient (Wildman–Crippen LogP) is 1.42. The summed E-state index contributed by atoms with van der Waals surface area (Å²) in [5, 5.41) is 0. The Kier molecular flexibility index (Phi) is 2.10. The number of methoxy groups -OCH3 is 1. The fraction of sp³-hybridized carbons (Fsp3) is 0.100. The Morgan fingerprint density at radius 2 is 2.07 bits per heavy atom. The van der Waals surface area contributed by atoms with Gasteiger partial charge in [0.05, 0.1) is 18.2 Å². The van der Waals surface area contributed by atoms with Crippen LogP contribution in [0.5, 0.6) is 0 Å². The molecule has 0 aliphatic heterocycles. The molecule has 4 heteroatoms. The molecule has 1 heterocycles. The van der Waals surface area contributed by atoms with E-state index < -0.39 is 5.97 Å². The maximum Gasteiger partial charge on any atom is 0.340 e. The molecule has 2 aromatic rings. The first kappa shape index (κ1) is 8.62. The quantitative estimate of drug-likeness (QED) is 0.635. The number of carbonyl (C=O) groups excluding carboxylic acids is 1. The van der Waals surface area contributed by atoms with E-state index in [0.717, 1.165) is 0 Å². The summed E-state index contributed by atoms with van der Waals surface area (Å²) >= 11 is 0. The number of esters is 1. The summed E-state index contributed by atoms with van der Waals surface area (Å²) in [5.41, 5.74) is 1.70. The number of carbonyl (C=O) groups is 1. The van der Waals surface area contributed by atoms with Gasteiger partial charge in [-0.05, 0) is 12.1 Å². The van der Waals surface area contributed by atoms with E-state index in [0.29, 0.717) is 16.6 Å². The number of benzene rings is 1. The highest BCUT2D eigenvalue weighted by molar-refractivity contribution is 6.01. The summed E-state index contributed by atoms with van der Waals surface area (Å²) < 4.78 is 4.64. The first-order chi connectivity index (χ1) is 6.83. The van der Waals surface area contributed by atoms with E-state index in [4.69, 9.17) is 0 Å². The van der Waals surface area contributed by atoms with Crippen molar-refractivity contribution in [1.82, 2.24) is 9.97 Å². The van der Waals surface area contributed by atoms with Gasteiger partial charge in [-0.1, -0.05) is 6.07 Å². The van der Waals surface area contributed by atoms with Gasteiger partial charge in [0.1, 0.15) is 5.52 Å². The first-order valence-corrected chi connectivity index (χ1v) is 4.11. The van der Waals surface area contributed by atoms with Crippen molar-refractivity contribution in [3.05, 3.63) is 36.2 Å². The molecule has 1 aromatic heterocycles. The van der Waals surface area contributed by atoms with Gasteiger partial charge in [0, 0.05) is 12.4 Å². The van der Waals surface area contributed by atoms with Crippen LogP contribution in [0.4, 0.5) is 0 Å². The Bertz CT molecular complexity index is 477. The molecular weight excluding hydrogens is 180 g/mol. The topological polar surface area (TPSA) is 52.1 Å². The number of rotatable bonds is 1. The van der Waals surface area contributed by atoms with E-state index in [-0.39, 0.29) is 0 Å². The SMILES string of the molecule is COC(=O)c1cccc2nccnc12. The molecule has 0 aliphatic rings. The molecule has 0 radical (unpaired) electrons. The normalized spacial score (nSPS) is 10.1. The summed E-state index contributed by atoms with van der Waals surface area (Å²) in [4.78, 5) is 19.5. The summed E-state index contributed by atoms with van der Waals surface area (Å²) in [6, 6.07) is 5.22. The molecule has 0 aliphatic carbocycles. The van der Waals surface area contributed by atoms with Gasteiger partial charge in [0.15, 0.2) is 0 Å². The van der Waals surface area contributed by atoms with Crippen LogP contribution in [0.2, 0.25) is 0 Å². The number of fused-ring (bicyclic) bond motifs is 1. The van der Waals surface area contributed by atoms with Gasteiger partial charge in [0.2, 0.25) is 0 Å². The smallest absolute Gasteiger partial charge is 0.340 e. The van der Waals surface area contributed by atoms with Crippen LogP contribution in [0.25, 0.3) is 11.0 Å². The summed E-state index contributed by atoms with van der Waals surface area (Å²) in [5.74, 6) is -0.392. The van der Waals surface area contributed by atoms with Gasteiger partial charge in [-0.2, -0.15) is 0 Å². The maximum absolute atomic E-state index is 11.3. The van der Waals surface area contributed by atoms with Crippen LogP contribution in [0, 0.1) is 0 Å². The van der Waals surface area contributed by atoms with Gasteiger partial charge in [-0.15, -0.1) is 0 Å². The molecule has 0 N–H and O–H groups in total. The average molecular weight is 188 g/mol. The van der Waals surface area contributed by atoms with Crippen molar-refractivity contribution >= 4 is 17.0 Å². The Labute approximate surface area is 80.6 Å². The van der Waals surface area contributed by atoms with Crippen molar-refractivity contribution in [2.24, 2.45) is 0 Å². The minimum Gasteiger partial charge on any atom is -0.465 e. The Balaban J connectivity index is 2.71.